The van der Waals surface area contributed by atoms with Crippen LogP contribution in [0.3, 0.4) is 0 Å². The molecule has 0 bridgehead atoms. The summed E-state index contributed by atoms with van der Waals surface area (Å²) in [5, 5.41) is 10.7. The quantitative estimate of drug-likeness (QED) is 0.626. The van der Waals surface area contributed by atoms with Gasteiger partial charge in [0.2, 0.25) is 5.88 Å². The number of hydrogen-bond acceptors (Lipinski definition) is 5. The number of rotatable bonds is 4. The number of nitrogens with two attached hydrogens (primary N) is 1. The van der Waals surface area contributed by atoms with E-state index in [1.54, 1.807) is 0 Å². The van der Waals surface area contributed by atoms with Crippen LogP contribution in [0.1, 0.15) is 17.6 Å². The molecule has 16 heavy (non-hydrogen) atoms. The number of ether oxygens (including phenoxy) is 1. The van der Waals surface area contributed by atoms with Gasteiger partial charge in [-0.15, -0.1) is 0 Å². The van der Waals surface area contributed by atoms with Gasteiger partial charge in [-0.25, -0.2) is 13.8 Å². The SMILES string of the molecule is COc1ncc(CN)c([N+](=O)[O-])c1C(F)F. The third-order valence-corrected chi connectivity index (χ3v) is 1.94. The molecule has 0 aromatic carbocycles. The molecule has 0 radical (unpaired) electrons. The van der Waals surface area contributed by atoms with E-state index < -0.39 is 28.5 Å². The fraction of sp³-hybridized carbons (Fsp3) is 0.375. The van der Waals surface area contributed by atoms with Crippen molar-refractivity contribution in [3.63, 3.8) is 0 Å². The van der Waals surface area contributed by atoms with Crippen LogP contribution >= 0.6 is 0 Å². The Kier molecular flexibility index (Phi) is 3.67. The van der Waals surface area contributed by atoms with Crippen LogP contribution in [-0.4, -0.2) is 17.0 Å². The van der Waals surface area contributed by atoms with Gasteiger partial charge in [-0.2, -0.15) is 0 Å². The molecule has 1 aromatic heterocycles. The summed E-state index contributed by atoms with van der Waals surface area (Å²) in [5.74, 6) is -0.459. The van der Waals surface area contributed by atoms with E-state index in [4.69, 9.17) is 5.73 Å². The highest BCUT2D eigenvalue weighted by atomic mass is 19.3. The van der Waals surface area contributed by atoms with Crippen LogP contribution < -0.4 is 10.5 Å². The average molecular weight is 233 g/mol. The van der Waals surface area contributed by atoms with E-state index in [-0.39, 0.29) is 12.1 Å². The molecule has 0 aliphatic heterocycles. The highest BCUT2D eigenvalue weighted by Gasteiger charge is 2.30. The second kappa shape index (κ2) is 4.79. The summed E-state index contributed by atoms with van der Waals surface area (Å²) < 4.78 is 29.9. The first-order valence-electron chi connectivity index (χ1n) is 4.21. The second-order valence-electron chi connectivity index (χ2n) is 2.82. The van der Waals surface area contributed by atoms with Gasteiger partial charge < -0.3 is 10.5 Å². The number of alkyl halides is 2. The molecular weight excluding hydrogens is 224 g/mol. The molecule has 0 amide bonds. The molecule has 1 aromatic rings. The van der Waals surface area contributed by atoms with Crippen LogP contribution in [0.4, 0.5) is 14.5 Å². The van der Waals surface area contributed by atoms with Gasteiger partial charge >= 0.3 is 0 Å². The molecule has 0 atom stereocenters. The van der Waals surface area contributed by atoms with Crippen molar-refractivity contribution < 1.29 is 18.4 Å². The van der Waals surface area contributed by atoms with Crippen LogP contribution in [0.2, 0.25) is 0 Å². The number of nitrogens with zero attached hydrogens (tertiary/aromatic N) is 2. The van der Waals surface area contributed by atoms with Crippen LogP contribution in [0.5, 0.6) is 5.88 Å². The second-order valence-corrected chi connectivity index (χ2v) is 2.82. The summed E-state index contributed by atoms with van der Waals surface area (Å²) in [5.41, 5.74) is 3.59. The molecule has 8 heteroatoms. The van der Waals surface area contributed by atoms with Gasteiger partial charge in [-0.1, -0.05) is 0 Å². The zero-order chi connectivity index (χ0) is 12.3. The third-order valence-electron chi connectivity index (χ3n) is 1.94. The van der Waals surface area contributed by atoms with E-state index in [1.165, 1.54) is 0 Å². The van der Waals surface area contributed by atoms with Gasteiger partial charge in [-0.3, -0.25) is 10.1 Å². The number of nitro groups is 1. The fourth-order valence-electron chi connectivity index (χ4n) is 1.27. The van der Waals surface area contributed by atoms with Gasteiger partial charge in [0.1, 0.15) is 0 Å². The minimum Gasteiger partial charge on any atom is -0.480 e. The van der Waals surface area contributed by atoms with Crippen LogP contribution in [-0.2, 0) is 6.54 Å². The van der Waals surface area contributed by atoms with E-state index in [9.17, 15) is 18.9 Å². The zero-order valence-electron chi connectivity index (χ0n) is 8.31. The molecule has 1 rings (SSSR count). The normalized spacial score (nSPS) is 10.6. The lowest BCUT2D eigenvalue weighted by molar-refractivity contribution is -0.387. The van der Waals surface area contributed by atoms with Crippen molar-refractivity contribution in [2.45, 2.75) is 13.0 Å². The predicted molar refractivity (Wildman–Crippen MR) is 50.3 cm³/mol. The van der Waals surface area contributed by atoms with Crippen molar-refractivity contribution in [2.24, 2.45) is 5.73 Å². The maximum atomic E-state index is 12.7. The van der Waals surface area contributed by atoms with E-state index >= 15 is 0 Å². The molecule has 0 aliphatic carbocycles. The summed E-state index contributed by atoms with van der Waals surface area (Å²) in [7, 11) is 1.11. The largest absolute Gasteiger partial charge is 0.480 e. The lowest BCUT2D eigenvalue weighted by Gasteiger charge is -2.09. The molecule has 0 unspecified atom stereocenters. The Morgan fingerprint density at radius 3 is 2.69 bits per heavy atom. The third kappa shape index (κ3) is 2.06. The standard InChI is InChI=1S/C8H9F2N3O3/c1-16-8-5(7(9)10)6(13(14)15)4(2-11)3-12-8/h3,7H,2,11H2,1H3. The molecule has 0 saturated heterocycles. The Morgan fingerprint density at radius 2 is 2.31 bits per heavy atom. The topological polar surface area (TPSA) is 91.3 Å². The summed E-state index contributed by atoms with van der Waals surface area (Å²) in [6.07, 6.45) is -1.99. The lowest BCUT2D eigenvalue weighted by atomic mass is 10.1. The molecule has 6 nitrogen and oxygen atoms in total. The molecule has 0 fully saturated rings. The number of aromatic nitrogens is 1. The van der Waals surface area contributed by atoms with Crippen molar-refractivity contribution in [1.29, 1.82) is 0 Å². The Balaban J connectivity index is 3.53. The van der Waals surface area contributed by atoms with Crippen molar-refractivity contribution in [2.75, 3.05) is 7.11 Å². The number of pyridine rings is 1. The summed E-state index contributed by atoms with van der Waals surface area (Å²) >= 11 is 0. The summed E-state index contributed by atoms with van der Waals surface area (Å²) in [6, 6.07) is 0. The minimum atomic E-state index is -3.05. The lowest BCUT2D eigenvalue weighted by Crippen LogP contribution is -2.08. The van der Waals surface area contributed by atoms with E-state index in [2.05, 4.69) is 9.72 Å². The van der Waals surface area contributed by atoms with E-state index in [0.29, 0.717) is 0 Å². The monoisotopic (exact) mass is 233 g/mol. The van der Waals surface area contributed by atoms with Gasteiger partial charge in [0, 0.05) is 12.7 Å². The molecule has 2 N–H and O–H groups in total. The Morgan fingerprint density at radius 1 is 1.69 bits per heavy atom. The van der Waals surface area contributed by atoms with Crippen molar-refractivity contribution in [3.8, 4) is 5.88 Å². The molecular formula is C8H9F2N3O3. The highest BCUT2D eigenvalue weighted by Crippen LogP contribution is 2.37. The van der Waals surface area contributed by atoms with Gasteiger partial charge in [0.05, 0.1) is 17.6 Å². The van der Waals surface area contributed by atoms with Gasteiger partial charge in [0.15, 0.2) is 5.56 Å². The average Bonchev–Trinajstić information content (AvgIpc) is 2.26. The first-order valence-corrected chi connectivity index (χ1v) is 4.21. The van der Waals surface area contributed by atoms with Crippen LogP contribution in [0, 0.1) is 10.1 Å². The predicted octanol–water partition coefficient (Wildman–Crippen LogP) is 1.39. The number of methoxy groups -OCH3 is 1. The van der Waals surface area contributed by atoms with Crippen molar-refractivity contribution in [1.82, 2.24) is 4.98 Å². The van der Waals surface area contributed by atoms with Gasteiger partial charge in [-0.05, 0) is 0 Å². The Bertz CT molecular complexity index is 412. The fourth-order valence-corrected chi connectivity index (χ4v) is 1.27. The van der Waals surface area contributed by atoms with Gasteiger partial charge in [0.25, 0.3) is 12.1 Å². The Hall–Kier alpha value is -1.83. The van der Waals surface area contributed by atoms with E-state index in [1.807, 2.05) is 0 Å². The number of hydrogen-bond donors (Lipinski definition) is 1. The smallest absolute Gasteiger partial charge is 0.289 e. The van der Waals surface area contributed by atoms with Crippen LogP contribution in [0.15, 0.2) is 6.20 Å². The van der Waals surface area contributed by atoms with E-state index in [0.717, 1.165) is 13.3 Å². The molecule has 0 aliphatic rings. The minimum absolute atomic E-state index is 0.0545. The van der Waals surface area contributed by atoms with Crippen LogP contribution in [0.25, 0.3) is 0 Å². The molecule has 0 spiro atoms. The maximum Gasteiger partial charge on any atom is 0.289 e. The van der Waals surface area contributed by atoms with Crippen molar-refractivity contribution >= 4 is 5.69 Å². The summed E-state index contributed by atoms with van der Waals surface area (Å²) in [6.45, 7) is -0.243. The summed E-state index contributed by atoms with van der Waals surface area (Å²) in [4.78, 5) is 13.3. The zero-order valence-corrected chi connectivity index (χ0v) is 8.31. The highest BCUT2D eigenvalue weighted by molar-refractivity contribution is 5.52. The maximum absolute atomic E-state index is 12.7. The Labute approximate surface area is 89.2 Å². The first-order chi connectivity index (χ1) is 7.52. The molecule has 88 valence electrons. The van der Waals surface area contributed by atoms with Crippen molar-refractivity contribution in [3.05, 3.63) is 27.4 Å². The number of halogens is 2. The molecule has 1 heterocycles. The molecule has 0 saturated carbocycles. The first kappa shape index (κ1) is 12.2.